The van der Waals surface area contributed by atoms with Crippen LogP contribution in [0.3, 0.4) is 0 Å². The van der Waals surface area contributed by atoms with Gasteiger partial charge in [-0.3, -0.25) is 4.79 Å². The minimum Gasteiger partial charge on any atom is -0.478 e. The molecule has 1 aromatic heterocycles. The van der Waals surface area contributed by atoms with Crippen LogP contribution in [0.1, 0.15) is 25.3 Å². The maximum absolute atomic E-state index is 13.0. The number of amides is 1. The fraction of sp³-hybridized carbons (Fsp3) is 0.348. The Balaban J connectivity index is 1.55. The lowest BCUT2D eigenvalue weighted by molar-refractivity contribution is -0.120. The summed E-state index contributed by atoms with van der Waals surface area (Å²) in [6.07, 6.45) is 2.67. The summed E-state index contributed by atoms with van der Waals surface area (Å²) >= 11 is 0. The molecule has 4 rings (SSSR count). The Bertz CT molecular complexity index is 1020. The fourth-order valence-electron chi connectivity index (χ4n) is 3.89. The van der Waals surface area contributed by atoms with Gasteiger partial charge in [0.2, 0.25) is 5.91 Å². The van der Waals surface area contributed by atoms with E-state index in [9.17, 15) is 4.79 Å². The van der Waals surface area contributed by atoms with Gasteiger partial charge in [0.1, 0.15) is 0 Å². The number of nitrogens with zero attached hydrogens (tertiary/aromatic N) is 3. The number of rotatable bonds is 5. The zero-order valence-corrected chi connectivity index (χ0v) is 16.9. The van der Waals surface area contributed by atoms with E-state index in [0.717, 1.165) is 48.1 Å². The molecule has 1 saturated heterocycles. The number of benzene rings is 2. The number of fused-ring (bicyclic) bond motifs is 1. The summed E-state index contributed by atoms with van der Waals surface area (Å²) in [5.41, 5.74) is 3.68. The van der Waals surface area contributed by atoms with Gasteiger partial charge in [-0.2, -0.15) is 0 Å². The number of carbonyl (C=O) groups excluding carboxylic acids is 1. The van der Waals surface area contributed by atoms with Crippen molar-refractivity contribution in [3.8, 4) is 5.88 Å². The Kier molecular flexibility index (Phi) is 5.60. The number of carbonyl (C=O) groups is 1. The van der Waals surface area contributed by atoms with E-state index in [1.807, 2.05) is 42.5 Å². The van der Waals surface area contributed by atoms with Gasteiger partial charge in [-0.15, -0.1) is 0 Å². The third-order valence-electron chi connectivity index (χ3n) is 5.46. The Hall–Kier alpha value is -3.15. The summed E-state index contributed by atoms with van der Waals surface area (Å²) in [6.45, 7) is 3.53. The number of ether oxygens (including phenoxy) is 1. The van der Waals surface area contributed by atoms with E-state index >= 15 is 0 Å². The molecule has 0 spiro atoms. The van der Waals surface area contributed by atoms with Crippen LogP contribution in [0.15, 0.2) is 48.5 Å². The quantitative estimate of drug-likeness (QED) is 0.712. The van der Waals surface area contributed by atoms with Crippen LogP contribution < -0.4 is 15.0 Å². The van der Waals surface area contributed by atoms with Crippen LogP contribution in [0.25, 0.3) is 11.0 Å². The Labute approximate surface area is 170 Å². The lowest BCUT2D eigenvalue weighted by atomic mass is 9.96. The minimum absolute atomic E-state index is 0.0586. The lowest BCUT2D eigenvalue weighted by Crippen LogP contribution is -2.41. The highest BCUT2D eigenvalue weighted by Gasteiger charge is 2.29. The van der Waals surface area contributed by atoms with Gasteiger partial charge in [-0.05, 0) is 43.0 Å². The van der Waals surface area contributed by atoms with Gasteiger partial charge in [-0.1, -0.05) is 37.3 Å². The molecule has 6 heteroatoms. The number of aromatic nitrogens is 2. The number of hydrogen-bond acceptors (Lipinski definition) is 5. The van der Waals surface area contributed by atoms with Crippen LogP contribution >= 0.6 is 0 Å². The molecule has 0 aliphatic carbocycles. The SMILES string of the molecule is CCc1ccccc1NC(=O)[C@H]1CCCN(c2nc3ccccc3nc2OC)C1. The van der Waals surface area contributed by atoms with Crippen LogP contribution in [0.5, 0.6) is 5.88 Å². The van der Waals surface area contributed by atoms with Gasteiger partial charge >= 0.3 is 0 Å². The molecule has 3 aromatic rings. The van der Waals surface area contributed by atoms with Gasteiger partial charge in [0, 0.05) is 18.8 Å². The zero-order chi connectivity index (χ0) is 20.2. The van der Waals surface area contributed by atoms with Crippen LogP contribution in [0, 0.1) is 5.92 Å². The van der Waals surface area contributed by atoms with Crippen molar-refractivity contribution < 1.29 is 9.53 Å². The van der Waals surface area contributed by atoms with Crippen molar-refractivity contribution in [3.05, 3.63) is 54.1 Å². The van der Waals surface area contributed by atoms with Crippen molar-refractivity contribution in [3.63, 3.8) is 0 Å². The largest absolute Gasteiger partial charge is 0.478 e. The molecule has 0 saturated carbocycles. The summed E-state index contributed by atoms with van der Waals surface area (Å²) in [5, 5.41) is 3.13. The molecule has 0 bridgehead atoms. The van der Waals surface area contributed by atoms with E-state index < -0.39 is 0 Å². The van der Waals surface area contributed by atoms with Gasteiger partial charge in [0.05, 0.1) is 24.1 Å². The second kappa shape index (κ2) is 8.47. The molecule has 0 radical (unpaired) electrons. The van der Waals surface area contributed by atoms with Crippen LogP contribution in [0.2, 0.25) is 0 Å². The number of anilines is 2. The predicted octanol–water partition coefficient (Wildman–Crippen LogP) is 4.06. The average Bonchev–Trinajstić information content (AvgIpc) is 2.78. The van der Waals surface area contributed by atoms with Crippen molar-refractivity contribution in [2.75, 3.05) is 30.4 Å². The maximum Gasteiger partial charge on any atom is 0.257 e. The summed E-state index contributed by atoms with van der Waals surface area (Å²) in [5.74, 6) is 1.16. The number of methoxy groups -OCH3 is 1. The Morgan fingerprint density at radius 2 is 1.86 bits per heavy atom. The second-order valence-electron chi connectivity index (χ2n) is 7.33. The number of piperidine rings is 1. The van der Waals surface area contributed by atoms with Crippen molar-refractivity contribution in [2.24, 2.45) is 5.92 Å². The molecule has 1 N–H and O–H groups in total. The Morgan fingerprint density at radius 1 is 1.14 bits per heavy atom. The molecule has 1 atom stereocenters. The van der Waals surface area contributed by atoms with E-state index in [-0.39, 0.29) is 11.8 Å². The first kappa shape index (κ1) is 19.2. The number of para-hydroxylation sites is 3. The molecule has 29 heavy (non-hydrogen) atoms. The molecule has 1 aliphatic heterocycles. The Morgan fingerprint density at radius 3 is 2.62 bits per heavy atom. The number of aryl methyl sites for hydroxylation is 1. The molecule has 2 aromatic carbocycles. The summed E-state index contributed by atoms with van der Waals surface area (Å²) in [6, 6.07) is 15.7. The first-order valence-electron chi connectivity index (χ1n) is 10.1. The lowest BCUT2D eigenvalue weighted by Gasteiger charge is -2.33. The fourth-order valence-corrected chi connectivity index (χ4v) is 3.89. The molecule has 150 valence electrons. The van der Waals surface area contributed by atoms with Crippen molar-refractivity contribution in [2.45, 2.75) is 26.2 Å². The maximum atomic E-state index is 13.0. The van der Waals surface area contributed by atoms with E-state index in [4.69, 9.17) is 9.72 Å². The van der Waals surface area contributed by atoms with E-state index in [1.165, 1.54) is 0 Å². The normalized spacial score (nSPS) is 16.6. The monoisotopic (exact) mass is 390 g/mol. The molecule has 1 fully saturated rings. The predicted molar refractivity (Wildman–Crippen MR) is 115 cm³/mol. The van der Waals surface area contributed by atoms with E-state index in [1.54, 1.807) is 7.11 Å². The summed E-state index contributed by atoms with van der Waals surface area (Å²) < 4.78 is 5.51. The first-order valence-corrected chi connectivity index (χ1v) is 10.1. The van der Waals surface area contributed by atoms with Gasteiger partial charge in [-0.25, -0.2) is 9.97 Å². The van der Waals surface area contributed by atoms with Gasteiger partial charge < -0.3 is 15.0 Å². The van der Waals surface area contributed by atoms with Gasteiger partial charge in [0.25, 0.3) is 5.88 Å². The third-order valence-corrected chi connectivity index (χ3v) is 5.46. The molecule has 0 unspecified atom stereocenters. The number of nitrogens with one attached hydrogen (secondary N) is 1. The topological polar surface area (TPSA) is 67.4 Å². The highest BCUT2D eigenvalue weighted by atomic mass is 16.5. The highest BCUT2D eigenvalue weighted by Crippen LogP contribution is 2.31. The van der Waals surface area contributed by atoms with Crippen molar-refractivity contribution >= 4 is 28.4 Å². The molecule has 2 heterocycles. The van der Waals surface area contributed by atoms with Crippen LogP contribution in [0.4, 0.5) is 11.5 Å². The van der Waals surface area contributed by atoms with Gasteiger partial charge in [0.15, 0.2) is 5.82 Å². The van der Waals surface area contributed by atoms with E-state index in [2.05, 4.69) is 28.2 Å². The average molecular weight is 390 g/mol. The summed E-state index contributed by atoms with van der Waals surface area (Å²) in [7, 11) is 1.61. The smallest absolute Gasteiger partial charge is 0.257 e. The van der Waals surface area contributed by atoms with Crippen molar-refractivity contribution in [1.82, 2.24) is 9.97 Å². The van der Waals surface area contributed by atoms with Crippen LogP contribution in [-0.2, 0) is 11.2 Å². The second-order valence-corrected chi connectivity index (χ2v) is 7.33. The molecule has 1 amide bonds. The number of hydrogen-bond donors (Lipinski definition) is 1. The first-order chi connectivity index (χ1) is 14.2. The van der Waals surface area contributed by atoms with Crippen LogP contribution in [-0.4, -0.2) is 36.1 Å². The third kappa shape index (κ3) is 4.01. The minimum atomic E-state index is -0.105. The molecule has 6 nitrogen and oxygen atoms in total. The highest BCUT2D eigenvalue weighted by molar-refractivity contribution is 5.93. The molecular formula is C23H26N4O2. The standard InChI is InChI=1S/C23H26N4O2/c1-3-16-9-4-5-11-18(16)25-22(28)17-10-8-14-27(15-17)21-23(29-2)26-20-13-7-6-12-19(20)24-21/h4-7,9,11-13,17H,3,8,10,14-15H2,1-2H3,(H,25,28)/t17-/m0/s1. The zero-order valence-electron chi connectivity index (χ0n) is 16.9. The summed E-state index contributed by atoms with van der Waals surface area (Å²) in [4.78, 5) is 24.5. The molecule has 1 aliphatic rings. The molecular weight excluding hydrogens is 364 g/mol. The van der Waals surface area contributed by atoms with E-state index in [0.29, 0.717) is 18.2 Å². The van der Waals surface area contributed by atoms with Crippen molar-refractivity contribution in [1.29, 1.82) is 0 Å².